The van der Waals surface area contributed by atoms with E-state index in [1.807, 2.05) is 0 Å². The third-order valence-corrected chi connectivity index (χ3v) is 4.08. The lowest BCUT2D eigenvalue weighted by Gasteiger charge is -2.27. The largest absolute Gasteiger partial charge is 0.493 e. The highest BCUT2D eigenvalue weighted by Crippen LogP contribution is 2.40. The van der Waals surface area contributed by atoms with Gasteiger partial charge in [0.1, 0.15) is 11.5 Å². The summed E-state index contributed by atoms with van der Waals surface area (Å²) in [5.41, 5.74) is 9.75. The van der Waals surface area contributed by atoms with Crippen LogP contribution in [-0.2, 0) is 19.3 Å². The molecule has 2 aliphatic heterocycles. The molecule has 3 heteroatoms. The molecule has 2 aliphatic rings. The normalized spacial score (nSPS) is 17.1. The standard InChI is InChI=1S/C16H23NO2/c17-8-2-1-6-14-13-7-4-9-18-15(13)11-12-5-3-10-19-16(12)14/h11H,1-10,17H2. The molecule has 0 atom stereocenters. The predicted molar refractivity (Wildman–Crippen MR) is 76.1 cm³/mol. The maximum Gasteiger partial charge on any atom is 0.126 e. The zero-order valence-corrected chi connectivity index (χ0v) is 11.5. The molecule has 0 unspecified atom stereocenters. The van der Waals surface area contributed by atoms with Gasteiger partial charge in [-0.05, 0) is 63.1 Å². The monoisotopic (exact) mass is 261 g/mol. The summed E-state index contributed by atoms with van der Waals surface area (Å²) in [5.74, 6) is 2.27. The van der Waals surface area contributed by atoms with Crippen molar-refractivity contribution in [3.05, 3.63) is 22.8 Å². The van der Waals surface area contributed by atoms with Crippen LogP contribution in [0.3, 0.4) is 0 Å². The van der Waals surface area contributed by atoms with Crippen LogP contribution in [0.1, 0.15) is 42.4 Å². The van der Waals surface area contributed by atoms with E-state index in [1.54, 1.807) is 0 Å². The third-order valence-electron chi connectivity index (χ3n) is 4.08. The molecule has 0 fully saturated rings. The average molecular weight is 261 g/mol. The fraction of sp³-hybridized carbons (Fsp3) is 0.625. The number of fused-ring (bicyclic) bond motifs is 2. The summed E-state index contributed by atoms with van der Waals surface area (Å²) in [6.07, 6.45) is 7.79. The minimum atomic E-state index is 0.772. The molecule has 2 N–H and O–H groups in total. The van der Waals surface area contributed by atoms with Crippen LogP contribution in [0.4, 0.5) is 0 Å². The van der Waals surface area contributed by atoms with Crippen LogP contribution in [0, 0.1) is 0 Å². The molecule has 3 nitrogen and oxygen atoms in total. The Morgan fingerprint density at radius 3 is 2.79 bits per heavy atom. The third kappa shape index (κ3) is 2.57. The Morgan fingerprint density at radius 1 is 1.05 bits per heavy atom. The molecular weight excluding hydrogens is 238 g/mol. The Kier molecular flexibility index (Phi) is 3.92. The van der Waals surface area contributed by atoms with E-state index in [0.717, 1.165) is 76.2 Å². The van der Waals surface area contributed by atoms with Crippen LogP contribution in [-0.4, -0.2) is 19.8 Å². The first kappa shape index (κ1) is 12.8. The van der Waals surface area contributed by atoms with Crippen LogP contribution < -0.4 is 15.2 Å². The number of hydrogen-bond acceptors (Lipinski definition) is 3. The van der Waals surface area contributed by atoms with Gasteiger partial charge in [-0.3, -0.25) is 0 Å². The van der Waals surface area contributed by atoms with Crippen molar-refractivity contribution in [2.75, 3.05) is 19.8 Å². The summed E-state index contributed by atoms with van der Waals surface area (Å²) in [5, 5.41) is 0. The van der Waals surface area contributed by atoms with Crippen molar-refractivity contribution in [1.29, 1.82) is 0 Å². The van der Waals surface area contributed by atoms with E-state index in [0.29, 0.717) is 0 Å². The van der Waals surface area contributed by atoms with Crippen LogP contribution in [0.2, 0.25) is 0 Å². The van der Waals surface area contributed by atoms with E-state index in [9.17, 15) is 0 Å². The molecule has 0 aliphatic carbocycles. The number of unbranched alkanes of at least 4 members (excludes halogenated alkanes) is 1. The number of hydrogen-bond donors (Lipinski definition) is 1. The average Bonchev–Trinajstić information content (AvgIpc) is 2.46. The van der Waals surface area contributed by atoms with Crippen molar-refractivity contribution in [3.63, 3.8) is 0 Å². The predicted octanol–water partition coefficient (Wildman–Crippen LogP) is 2.62. The molecule has 2 heterocycles. The first-order chi connectivity index (χ1) is 9.40. The molecule has 0 aromatic heterocycles. The maximum absolute atomic E-state index is 5.96. The number of benzene rings is 1. The van der Waals surface area contributed by atoms with E-state index >= 15 is 0 Å². The maximum atomic E-state index is 5.96. The summed E-state index contributed by atoms with van der Waals surface area (Å²) in [6, 6.07) is 2.22. The van der Waals surface area contributed by atoms with Crippen LogP contribution in [0.5, 0.6) is 11.5 Å². The summed E-state index contributed by atoms with van der Waals surface area (Å²) in [6.45, 7) is 2.49. The Balaban J connectivity index is 1.96. The van der Waals surface area contributed by atoms with Crippen molar-refractivity contribution in [1.82, 2.24) is 0 Å². The Hall–Kier alpha value is -1.22. The van der Waals surface area contributed by atoms with E-state index in [4.69, 9.17) is 15.2 Å². The van der Waals surface area contributed by atoms with Crippen molar-refractivity contribution < 1.29 is 9.47 Å². The second-order valence-corrected chi connectivity index (χ2v) is 5.47. The fourth-order valence-electron chi connectivity index (χ4n) is 3.14. The van der Waals surface area contributed by atoms with Gasteiger partial charge in [0.15, 0.2) is 0 Å². The van der Waals surface area contributed by atoms with E-state index in [-0.39, 0.29) is 0 Å². The minimum Gasteiger partial charge on any atom is -0.493 e. The van der Waals surface area contributed by atoms with Gasteiger partial charge in [-0.1, -0.05) is 0 Å². The van der Waals surface area contributed by atoms with Crippen LogP contribution in [0.25, 0.3) is 0 Å². The molecule has 0 amide bonds. The Bertz CT molecular complexity index is 422. The highest BCUT2D eigenvalue weighted by Gasteiger charge is 2.23. The van der Waals surface area contributed by atoms with Crippen LogP contribution in [0.15, 0.2) is 6.07 Å². The second-order valence-electron chi connectivity index (χ2n) is 5.47. The molecule has 1 aromatic carbocycles. The van der Waals surface area contributed by atoms with Gasteiger partial charge < -0.3 is 15.2 Å². The zero-order chi connectivity index (χ0) is 13.1. The first-order valence-electron chi connectivity index (χ1n) is 7.53. The lowest BCUT2D eigenvalue weighted by atomic mass is 9.90. The fourth-order valence-corrected chi connectivity index (χ4v) is 3.14. The Labute approximate surface area is 115 Å². The molecule has 1 aromatic rings. The van der Waals surface area contributed by atoms with Gasteiger partial charge in [0.05, 0.1) is 13.2 Å². The molecular formula is C16H23NO2. The molecule has 104 valence electrons. The quantitative estimate of drug-likeness (QED) is 0.847. The van der Waals surface area contributed by atoms with Gasteiger partial charge in [-0.25, -0.2) is 0 Å². The lowest BCUT2D eigenvalue weighted by molar-refractivity contribution is 0.269. The summed E-state index contributed by atoms with van der Waals surface area (Å²) < 4.78 is 11.8. The van der Waals surface area contributed by atoms with E-state index in [1.165, 1.54) is 16.7 Å². The number of aryl methyl sites for hydroxylation is 1. The molecule has 0 bridgehead atoms. The van der Waals surface area contributed by atoms with Gasteiger partial charge in [-0.2, -0.15) is 0 Å². The van der Waals surface area contributed by atoms with E-state index in [2.05, 4.69) is 6.07 Å². The van der Waals surface area contributed by atoms with Crippen molar-refractivity contribution >= 4 is 0 Å². The summed E-state index contributed by atoms with van der Waals surface area (Å²) in [4.78, 5) is 0. The van der Waals surface area contributed by atoms with Crippen LogP contribution >= 0.6 is 0 Å². The molecule has 19 heavy (non-hydrogen) atoms. The second kappa shape index (κ2) is 5.83. The van der Waals surface area contributed by atoms with Gasteiger partial charge in [0.25, 0.3) is 0 Å². The highest BCUT2D eigenvalue weighted by atomic mass is 16.5. The summed E-state index contributed by atoms with van der Waals surface area (Å²) in [7, 11) is 0. The minimum absolute atomic E-state index is 0.772. The van der Waals surface area contributed by atoms with Crippen molar-refractivity contribution in [2.24, 2.45) is 5.73 Å². The number of rotatable bonds is 4. The zero-order valence-electron chi connectivity index (χ0n) is 11.5. The first-order valence-corrected chi connectivity index (χ1v) is 7.53. The molecule has 0 radical (unpaired) electrons. The molecule has 0 spiro atoms. The van der Waals surface area contributed by atoms with Crippen molar-refractivity contribution in [2.45, 2.75) is 44.9 Å². The van der Waals surface area contributed by atoms with Crippen molar-refractivity contribution in [3.8, 4) is 11.5 Å². The van der Waals surface area contributed by atoms with Gasteiger partial charge in [0.2, 0.25) is 0 Å². The molecule has 3 rings (SSSR count). The topological polar surface area (TPSA) is 44.5 Å². The number of ether oxygens (including phenoxy) is 2. The van der Waals surface area contributed by atoms with Gasteiger partial charge in [-0.15, -0.1) is 0 Å². The van der Waals surface area contributed by atoms with E-state index < -0.39 is 0 Å². The highest BCUT2D eigenvalue weighted by molar-refractivity contribution is 5.55. The van der Waals surface area contributed by atoms with Gasteiger partial charge in [0, 0.05) is 11.1 Å². The lowest BCUT2D eigenvalue weighted by Crippen LogP contribution is -2.17. The molecule has 0 saturated heterocycles. The summed E-state index contributed by atoms with van der Waals surface area (Å²) >= 11 is 0. The Morgan fingerprint density at radius 2 is 1.89 bits per heavy atom. The SMILES string of the molecule is NCCCCc1c2c(cc3c1OCCC3)OCCC2. The molecule has 0 saturated carbocycles. The smallest absolute Gasteiger partial charge is 0.126 e. The van der Waals surface area contributed by atoms with Gasteiger partial charge >= 0.3 is 0 Å². The number of nitrogens with two attached hydrogens (primary N) is 1.